The normalized spacial score (nSPS) is 10.6. The smallest absolute Gasteiger partial charge is 0.341 e. The minimum Gasteiger partial charge on any atom is -0.465 e. The van der Waals surface area contributed by atoms with Crippen molar-refractivity contribution in [2.45, 2.75) is 19.9 Å². The molecule has 0 saturated heterocycles. The van der Waals surface area contributed by atoms with Gasteiger partial charge in [0.2, 0.25) is 0 Å². The van der Waals surface area contributed by atoms with Crippen LogP contribution in [0.25, 0.3) is 0 Å². The van der Waals surface area contributed by atoms with E-state index in [2.05, 4.69) is 9.84 Å². The highest BCUT2D eigenvalue weighted by Crippen LogP contribution is 2.21. The van der Waals surface area contributed by atoms with Crippen molar-refractivity contribution in [1.29, 1.82) is 0 Å². The Morgan fingerprint density at radius 1 is 1.71 bits per heavy atom. The zero-order valence-electron chi connectivity index (χ0n) is 7.83. The lowest BCUT2D eigenvalue weighted by Gasteiger charge is -1.97. The predicted molar refractivity (Wildman–Crippen MR) is 44.2 cm³/mol. The molecule has 14 heavy (non-hydrogen) atoms. The van der Waals surface area contributed by atoms with E-state index in [1.165, 1.54) is 10.9 Å². The van der Waals surface area contributed by atoms with Gasteiger partial charge < -0.3 is 4.74 Å². The Labute approximate surface area is 79.5 Å². The molecular formula is C8H10F2N2O2. The van der Waals surface area contributed by atoms with Gasteiger partial charge in [-0.2, -0.15) is 5.10 Å². The molecule has 0 amide bonds. The molecule has 0 aliphatic heterocycles. The van der Waals surface area contributed by atoms with Crippen LogP contribution in [-0.4, -0.2) is 22.9 Å². The van der Waals surface area contributed by atoms with Crippen molar-refractivity contribution in [1.82, 2.24) is 9.78 Å². The molecule has 0 N–H and O–H groups in total. The van der Waals surface area contributed by atoms with Gasteiger partial charge in [0.05, 0.1) is 7.11 Å². The molecule has 0 bridgehead atoms. The highest BCUT2D eigenvalue weighted by Gasteiger charge is 2.23. The van der Waals surface area contributed by atoms with Crippen LogP contribution < -0.4 is 0 Å². The summed E-state index contributed by atoms with van der Waals surface area (Å²) < 4.78 is 30.4. The van der Waals surface area contributed by atoms with E-state index in [0.29, 0.717) is 6.54 Å². The standard InChI is InChI=1S/C8H10F2N2O2/c1-3-12-4-5(8(13)14-2)6(11-12)7(9)10/h4,7H,3H2,1-2H3. The number of esters is 1. The summed E-state index contributed by atoms with van der Waals surface area (Å²) in [4.78, 5) is 11.1. The molecule has 1 rings (SSSR count). The first-order valence-electron chi connectivity index (χ1n) is 4.04. The second-order valence-electron chi connectivity index (χ2n) is 2.58. The number of rotatable bonds is 3. The maximum Gasteiger partial charge on any atom is 0.341 e. The SMILES string of the molecule is CCn1cc(C(=O)OC)c(C(F)F)n1. The van der Waals surface area contributed by atoms with Gasteiger partial charge in [0.15, 0.2) is 0 Å². The Hall–Kier alpha value is -1.46. The van der Waals surface area contributed by atoms with Gasteiger partial charge >= 0.3 is 5.97 Å². The molecule has 4 nitrogen and oxygen atoms in total. The lowest BCUT2D eigenvalue weighted by molar-refractivity contribution is 0.0589. The summed E-state index contributed by atoms with van der Waals surface area (Å²) in [6, 6.07) is 0. The first-order valence-corrected chi connectivity index (χ1v) is 4.04. The molecule has 6 heteroatoms. The highest BCUT2D eigenvalue weighted by atomic mass is 19.3. The third-order valence-corrected chi connectivity index (χ3v) is 1.73. The monoisotopic (exact) mass is 204 g/mol. The first kappa shape index (κ1) is 10.6. The van der Waals surface area contributed by atoms with Crippen molar-refractivity contribution < 1.29 is 18.3 Å². The minimum atomic E-state index is -2.77. The number of methoxy groups -OCH3 is 1. The number of aryl methyl sites for hydroxylation is 1. The average molecular weight is 204 g/mol. The Balaban J connectivity index is 3.12. The molecule has 1 aromatic heterocycles. The minimum absolute atomic E-state index is 0.177. The molecule has 1 heterocycles. The molecule has 0 aliphatic carbocycles. The van der Waals surface area contributed by atoms with E-state index in [-0.39, 0.29) is 5.56 Å². The third-order valence-electron chi connectivity index (χ3n) is 1.73. The van der Waals surface area contributed by atoms with E-state index < -0.39 is 18.1 Å². The van der Waals surface area contributed by atoms with Crippen LogP contribution in [0.1, 0.15) is 29.4 Å². The molecular weight excluding hydrogens is 194 g/mol. The lowest BCUT2D eigenvalue weighted by Crippen LogP contribution is -2.03. The van der Waals surface area contributed by atoms with Gasteiger partial charge in [-0.15, -0.1) is 0 Å². The summed E-state index contributed by atoms with van der Waals surface area (Å²) in [7, 11) is 1.14. The van der Waals surface area contributed by atoms with E-state index in [9.17, 15) is 13.6 Å². The van der Waals surface area contributed by atoms with E-state index >= 15 is 0 Å². The molecule has 0 fully saturated rings. The van der Waals surface area contributed by atoms with Gasteiger partial charge in [-0.25, -0.2) is 13.6 Å². The van der Waals surface area contributed by atoms with Crippen LogP contribution in [0, 0.1) is 0 Å². The molecule has 0 atom stereocenters. The number of halogens is 2. The van der Waals surface area contributed by atoms with Crippen LogP contribution in [0.3, 0.4) is 0 Å². The van der Waals surface area contributed by atoms with Crippen molar-refractivity contribution in [3.8, 4) is 0 Å². The summed E-state index contributed by atoms with van der Waals surface area (Å²) >= 11 is 0. The third kappa shape index (κ3) is 1.89. The second kappa shape index (κ2) is 4.17. The molecule has 0 aliphatic rings. The van der Waals surface area contributed by atoms with E-state index in [0.717, 1.165) is 7.11 Å². The summed E-state index contributed by atoms with van der Waals surface area (Å²) in [5.41, 5.74) is -0.706. The van der Waals surface area contributed by atoms with Crippen molar-refractivity contribution in [3.05, 3.63) is 17.5 Å². The zero-order valence-corrected chi connectivity index (χ0v) is 7.83. The second-order valence-corrected chi connectivity index (χ2v) is 2.58. The number of hydrogen-bond acceptors (Lipinski definition) is 3. The Kier molecular flexibility index (Phi) is 3.16. The van der Waals surface area contributed by atoms with Crippen LogP contribution in [0.5, 0.6) is 0 Å². The van der Waals surface area contributed by atoms with Gasteiger partial charge in [-0.1, -0.05) is 0 Å². The fourth-order valence-corrected chi connectivity index (χ4v) is 1.03. The topological polar surface area (TPSA) is 44.1 Å². The molecule has 0 aromatic carbocycles. The fraction of sp³-hybridized carbons (Fsp3) is 0.500. The predicted octanol–water partition coefficient (Wildman–Crippen LogP) is 1.63. The number of aromatic nitrogens is 2. The van der Waals surface area contributed by atoms with Gasteiger partial charge in [0, 0.05) is 12.7 Å². The van der Waals surface area contributed by atoms with Crippen LogP contribution >= 0.6 is 0 Å². The Morgan fingerprint density at radius 3 is 2.79 bits per heavy atom. The summed E-state index contributed by atoms with van der Waals surface area (Å²) in [6.07, 6.45) is -1.51. The maximum absolute atomic E-state index is 12.4. The van der Waals surface area contributed by atoms with Gasteiger partial charge in [-0.05, 0) is 6.92 Å². The Bertz CT molecular complexity index is 336. The van der Waals surface area contributed by atoms with Crippen molar-refractivity contribution in [2.75, 3.05) is 7.11 Å². The van der Waals surface area contributed by atoms with Crippen molar-refractivity contribution in [3.63, 3.8) is 0 Å². The molecule has 0 saturated carbocycles. The molecule has 0 radical (unpaired) electrons. The number of hydrogen-bond donors (Lipinski definition) is 0. The number of alkyl halides is 2. The summed E-state index contributed by atoms with van der Waals surface area (Å²) in [5.74, 6) is -0.792. The van der Waals surface area contributed by atoms with E-state index in [4.69, 9.17) is 0 Å². The molecule has 1 aromatic rings. The van der Waals surface area contributed by atoms with Gasteiger partial charge in [-0.3, -0.25) is 4.68 Å². The van der Waals surface area contributed by atoms with E-state index in [1.54, 1.807) is 6.92 Å². The molecule has 78 valence electrons. The van der Waals surface area contributed by atoms with Gasteiger partial charge in [0.1, 0.15) is 11.3 Å². The molecule has 0 unspecified atom stereocenters. The summed E-state index contributed by atoms with van der Waals surface area (Å²) in [5, 5.41) is 3.56. The van der Waals surface area contributed by atoms with Crippen LogP contribution in [0.4, 0.5) is 8.78 Å². The molecule has 0 spiro atoms. The maximum atomic E-state index is 12.4. The van der Waals surface area contributed by atoms with Crippen LogP contribution in [0.2, 0.25) is 0 Å². The number of ether oxygens (including phenoxy) is 1. The largest absolute Gasteiger partial charge is 0.465 e. The van der Waals surface area contributed by atoms with Crippen LogP contribution in [-0.2, 0) is 11.3 Å². The van der Waals surface area contributed by atoms with Crippen molar-refractivity contribution in [2.24, 2.45) is 0 Å². The lowest BCUT2D eigenvalue weighted by atomic mass is 10.2. The Morgan fingerprint density at radius 2 is 2.36 bits per heavy atom. The average Bonchev–Trinajstić information content (AvgIpc) is 2.60. The fourth-order valence-electron chi connectivity index (χ4n) is 1.03. The first-order chi connectivity index (χ1) is 6.60. The highest BCUT2D eigenvalue weighted by molar-refractivity contribution is 5.90. The van der Waals surface area contributed by atoms with Crippen LogP contribution in [0.15, 0.2) is 6.20 Å². The van der Waals surface area contributed by atoms with Gasteiger partial charge in [0.25, 0.3) is 6.43 Å². The number of nitrogens with zero attached hydrogens (tertiary/aromatic N) is 2. The van der Waals surface area contributed by atoms with Crippen molar-refractivity contribution >= 4 is 5.97 Å². The quantitative estimate of drug-likeness (QED) is 0.703. The number of carbonyl (C=O) groups is 1. The number of carbonyl (C=O) groups excluding carboxylic acids is 1. The van der Waals surface area contributed by atoms with E-state index in [1.807, 2.05) is 0 Å². The summed E-state index contributed by atoms with van der Waals surface area (Å²) in [6.45, 7) is 2.17. The zero-order chi connectivity index (χ0) is 10.7.